The summed E-state index contributed by atoms with van der Waals surface area (Å²) in [6.45, 7) is 2.20. The fourth-order valence-corrected chi connectivity index (χ4v) is 5.92. The third kappa shape index (κ3) is 2.90. The van der Waals surface area contributed by atoms with Crippen molar-refractivity contribution in [3.8, 4) is 22.3 Å². The van der Waals surface area contributed by atoms with E-state index in [1.165, 1.54) is 71.4 Å². The molecule has 7 aromatic rings. The van der Waals surface area contributed by atoms with E-state index in [2.05, 4.69) is 133 Å². The van der Waals surface area contributed by atoms with Gasteiger partial charge in [0, 0.05) is 57.8 Å². The molecule has 0 fully saturated rings. The highest BCUT2D eigenvalue weighted by Gasteiger charge is 2.14. The molecule has 2 heteroatoms. The zero-order valence-corrected chi connectivity index (χ0v) is 20.2. The van der Waals surface area contributed by atoms with Crippen molar-refractivity contribution in [2.24, 2.45) is 14.1 Å². The lowest BCUT2D eigenvalue weighted by atomic mass is 9.94. The van der Waals surface area contributed by atoms with Crippen molar-refractivity contribution in [1.29, 1.82) is 0 Å². The molecule has 0 unspecified atom stereocenters. The average molecular weight is 451 g/mol. The van der Waals surface area contributed by atoms with E-state index in [-0.39, 0.29) is 0 Å². The van der Waals surface area contributed by atoms with Gasteiger partial charge in [-0.15, -0.1) is 0 Å². The van der Waals surface area contributed by atoms with Crippen molar-refractivity contribution in [2.75, 3.05) is 0 Å². The molecule has 0 saturated carbocycles. The minimum Gasteiger partial charge on any atom is -0.344 e. The summed E-state index contributed by atoms with van der Waals surface area (Å²) in [6.07, 6.45) is 0. The lowest BCUT2D eigenvalue weighted by Gasteiger charge is -2.11. The predicted octanol–water partition coefficient (Wildman–Crippen LogP) is 8.62. The molecule has 0 saturated heterocycles. The molecule has 0 amide bonds. The second-order valence-corrected chi connectivity index (χ2v) is 9.67. The van der Waals surface area contributed by atoms with E-state index in [0.717, 1.165) is 0 Å². The second kappa shape index (κ2) is 7.35. The molecule has 168 valence electrons. The molecule has 0 aliphatic carbocycles. The molecule has 0 aliphatic rings. The van der Waals surface area contributed by atoms with Gasteiger partial charge in [-0.1, -0.05) is 72.8 Å². The quantitative estimate of drug-likeness (QED) is 0.249. The smallest absolute Gasteiger partial charge is 0.0568 e. The highest BCUT2D eigenvalue weighted by atomic mass is 14.9. The number of benzene rings is 5. The van der Waals surface area contributed by atoms with E-state index in [0.29, 0.717) is 0 Å². The summed E-state index contributed by atoms with van der Waals surface area (Å²) < 4.78 is 4.63. The van der Waals surface area contributed by atoms with E-state index < -0.39 is 0 Å². The first kappa shape index (κ1) is 20.1. The van der Waals surface area contributed by atoms with Crippen molar-refractivity contribution < 1.29 is 0 Å². The summed E-state index contributed by atoms with van der Waals surface area (Å²) in [7, 11) is 4.33. The number of nitrogens with zero attached hydrogens (tertiary/aromatic N) is 2. The van der Waals surface area contributed by atoms with Crippen LogP contribution in [0.25, 0.3) is 65.9 Å². The Balaban J connectivity index is 1.46. The van der Waals surface area contributed by atoms with Crippen LogP contribution in [0.15, 0.2) is 103 Å². The minimum absolute atomic E-state index is 1.25. The van der Waals surface area contributed by atoms with Crippen LogP contribution < -0.4 is 0 Å². The largest absolute Gasteiger partial charge is 0.344 e. The van der Waals surface area contributed by atoms with Gasteiger partial charge < -0.3 is 9.13 Å². The van der Waals surface area contributed by atoms with E-state index in [1.54, 1.807) is 0 Å². The highest BCUT2D eigenvalue weighted by molar-refractivity contribution is 6.13. The van der Waals surface area contributed by atoms with Crippen LogP contribution in [0.4, 0.5) is 0 Å². The van der Waals surface area contributed by atoms with Crippen LogP contribution in [-0.2, 0) is 14.1 Å². The van der Waals surface area contributed by atoms with Gasteiger partial charge in [-0.05, 0) is 59.5 Å². The van der Waals surface area contributed by atoms with Crippen LogP contribution in [0.3, 0.4) is 0 Å². The van der Waals surface area contributed by atoms with E-state index >= 15 is 0 Å². The lowest BCUT2D eigenvalue weighted by Crippen LogP contribution is -1.91. The molecule has 35 heavy (non-hydrogen) atoms. The Kier molecular flexibility index (Phi) is 4.22. The van der Waals surface area contributed by atoms with Gasteiger partial charge in [-0.25, -0.2) is 0 Å². The summed E-state index contributed by atoms with van der Waals surface area (Å²) in [4.78, 5) is 0. The summed E-state index contributed by atoms with van der Waals surface area (Å²) in [5.74, 6) is 0. The molecule has 0 radical (unpaired) electrons. The van der Waals surface area contributed by atoms with Crippen LogP contribution in [0.1, 0.15) is 5.56 Å². The van der Waals surface area contributed by atoms with Crippen LogP contribution in [-0.4, -0.2) is 9.13 Å². The van der Waals surface area contributed by atoms with E-state index in [9.17, 15) is 0 Å². The average Bonchev–Trinajstić information content (AvgIpc) is 3.35. The van der Waals surface area contributed by atoms with Crippen molar-refractivity contribution >= 4 is 43.6 Å². The predicted molar refractivity (Wildman–Crippen MR) is 150 cm³/mol. The molecule has 5 aromatic carbocycles. The van der Waals surface area contributed by atoms with Crippen molar-refractivity contribution in [3.63, 3.8) is 0 Å². The molecule has 2 aromatic heterocycles. The number of aromatic nitrogens is 2. The zero-order chi connectivity index (χ0) is 23.7. The summed E-state index contributed by atoms with van der Waals surface area (Å²) in [5, 5.41) is 5.22. The normalized spacial score (nSPS) is 11.9. The van der Waals surface area contributed by atoms with E-state index in [4.69, 9.17) is 0 Å². The maximum absolute atomic E-state index is 2.35. The van der Waals surface area contributed by atoms with Gasteiger partial charge in [0.05, 0.1) is 5.52 Å². The molecular formula is C33H26N2. The Hall–Kier alpha value is -4.30. The fourth-order valence-electron chi connectivity index (χ4n) is 5.92. The Morgan fingerprint density at radius 2 is 1.09 bits per heavy atom. The van der Waals surface area contributed by atoms with E-state index in [1.807, 2.05) is 0 Å². The molecule has 2 heterocycles. The number of rotatable bonds is 2. The number of hydrogen-bond donors (Lipinski definition) is 0. The maximum atomic E-state index is 2.35. The van der Waals surface area contributed by atoms with Crippen LogP contribution in [0.5, 0.6) is 0 Å². The lowest BCUT2D eigenvalue weighted by molar-refractivity contribution is 1.01. The Labute approximate surface area is 204 Å². The Morgan fingerprint density at radius 3 is 1.89 bits per heavy atom. The first-order valence-electron chi connectivity index (χ1n) is 12.2. The van der Waals surface area contributed by atoms with Gasteiger partial charge in [0.15, 0.2) is 0 Å². The number of para-hydroxylation sites is 3. The van der Waals surface area contributed by atoms with Gasteiger partial charge in [-0.2, -0.15) is 0 Å². The molecule has 2 nitrogen and oxygen atoms in total. The molecule has 0 aliphatic heterocycles. The minimum atomic E-state index is 1.25. The van der Waals surface area contributed by atoms with Crippen molar-refractivity contribution in [1.82, 2.24) is 9.13 Å². The van der Waals surface area contributed by atoms with Gasteiger partial charge in [0.1, 0.15) is 0 Å². The third-order valence-corrected chi connectivity index (χ3v) is 7.56. The summed E-state index contributed by atoms with van der Waals surface area (Å²) in [6, 6.07) is 37.9. The third-order valence-electron chi connectivity index (χ3n) is 7.56. The second-order valence-electron chi connectivity index (χ2n) is 9.67. The molecule has 0 atom stereocenters. The summed E-state index contributed by atoms with van der Waals surface area (Å²) in [5.41, 5.74) is 11.4. The van der Waals surface area contributed by atoms with Crippen LogP contribution >= 0.6 is 0 Å². The summed E-state index contributed by atoms with van der Waals surface area (Å²) >= 11 is 0. The standard InChI is InChI=1S/C33H26N2/c1-21-17-23(22-15-16-32-29(20-22)27-10-5-6-13-30(27)34(32)2)19-24(18-21)25-11-8-12-28-26-9-4-7-14-31(26)35(3)33(25)28/h4-20H,1-3H3. The highest BCUT2D eigenvalue weighted by Crippen LogP contribution is 2.38. The number of aryl methyl sites for hydroxylation is 3. The Morgan fingerprint density at radius 1 is 0.457 bits per heavy atom. The first-order valence-corrected chi connectivity index (χ1v) is 12.2. The molecular weight excluding hydrogens is 424 g/mol. The Bertz CT molecular complexity index is 1930. The van der Waals surface area contributed by atoms with Crippen molar-refractivity contribution in [3.05, 3.63) is 109 Å². The maximum Gasteiger partial charge on any atom is 0.0568 e. The molecule has 0 N–H and O–H groups in total. The van der Waals surface area contributed by atoms with Gasteiger partial charge >= 0.3 is 0 Å². The van der Waals surface area contributed by atoms with Gasteiger partial charge in [0.2, 0.25) is 0 Å². The first-order chi connectivity index (χ1) is 17.1. The number of hydrogen-bond acceptors (Lipinski definition) is 0. The van der Waals surface area contributed by atoms with Crippen LogP contribution in [0, 0.1) is 6.92 Å². The molecule has 0 spiro atoms. The topological polar surface area (TPSA) is 9.86 Å². The molecule has 0 bridgehead atoms. The van der Waals surface area contributed by atoms with Crippen LogP contribution in [0.2, 0.25) is 0 Å². The number of fused-ring (bicyclic) bond motifs is 6. The fraction of sp³-hybridized carbons (Fsp3) is 0.0909. The zero-order valence-electron chi connectivity index (χ0n) is 20.2. The monoisotopic (exact) mass is 450 g/mol. The van der Waals surface area contributed by atoms with Crippen molar-refractivity contribution in [2.45, 2.75) is 6.92 Å². The SMILES string of the molecule is Cc1cc(-c2ccc3c(c2)c2ccccc2n3C)cc(-c2cccc3c4ccccc4n(C)c23)c1. The van der Waals surface area contributed by atoms with Gasteiger partial charge in [0.25, 0.3) is 0 Å². The van der Waals surface area contributed by atoms with Gasteiger partial charge in [-0.3, -0.25) is 0 Å². The molecule has 7 rings (SSSR count).